The van der Waals surface area contributed by atoms with Crippen LogP contribution in [0.3, 0.4) is 0 Å². The first kappa shape index (κ1) is 20.5. The highest BCUT2D eigenvalue weighted by atomic mass is 32.2. The average Bonchev–Trinajstić information content (AvgIpc) is 2.90. The largest absolute Gasteiger partial charge is 0.396 e. The van der Waals surface area contributed by atoms with E-state index in [-0.39, 0.29) is 11.7 Å². The number of aryl methyl sites for hydroxylation is 1. The monoisotopic (exact) mass is 424 g/mol. The molecule has 0 amide bonds. The first-order valence-electron chi connectivity index (χ1n) is 9.82. The Hall–Kier alpha value is -2.77. The van der Waals surface area contributed by atoms with E-state index < -0.39 is 16.8 Å². The van der Waals surface area contributed by atoms with E-state index in [0.717, 1.165) is 22.4 Å². The van der Waals surface area contributed by atoms with E-state index in [4.69, 9.17) is 5.73 Å². The number of nitrogens with two attached hydrogens (primary N) is 1. The summed E-state index contributed by atoms with van der Waals surface area (Å²) in [6, 6.07) is 17.9. The van der Waals surface area contributed by atoms with E-state index in [1.165, 1.54) is 6.20 Å². The molecule has 2 unspecified atom stereocenters. The van der Waals surface area contributed by atoms with Crippen molar-refractivity contribution in [2.75, 3.05) is 23.4 Å². The Morgan fingerprint density at radius 3 is 2.67 bits per heavy atom. The lowest BCUT2D eigenvalue weighted by Gasteiger charge is -2.34. The minimum Gasteiger partial charge on any atom is -0.396 e. The maximum atomic E-state index is 13.7. The minimum absolute atomic E-state index is 0.0498. The molecule has 3 aromatic rings. The molecule has 4 rings (SSSR count). The minimum atomic E-state index is -1.12. The van der Waals surface area contributed by atoms with Crippen LogP contribution in [0.2, 0.25) is 0 Å². The van der Waals surface area contributed by atoms with E-state index in [1.54, 1.807) is 12.3 Å². The van der Waals surface area contributed by atoms with Gasteiger partial charge in [0.05, 0.1) is 41.2 Å². The molecule has 0 radical (unpaired) electrons. The fourth-order valence-electron chi connectivity index (χ4n) is 3.97. The standard InChI is InChI=1S/C23H25FN4OS/c1-16-7-6-10-22-19(16)14-27(30(2)29)15-23(17-8-4-3-5-9-17)28(22)13-18-11-21(25)20(24)12-26-18/h3-12,23H,13-15H2,1-2H3,(H2,25,26). The van der Waals surface area contributed by atoms with Crippen LogP contribution in [0.25, 0.3) is 0 Å². The van der Waals surface area contributed by atoms with Gasteiger partial charge in [0, 0.05) is 25.0 Å². The van der Waals surface area contributed by atoms with Crippen LogP contribution in [0.1, 0.15) is 28.4 Å². The van der Waals surface area contributed by atoms with Crippen molar-refractivity contribution in [1.82, 2.24) is 9.29 Å². The third-order valence-corrected chi connectivity index (χ3v) is 6.61. The molecule has 0 saturated carbocycles. The van der Waals surface area contributed by atoms with Gasteiger partial charge in [-0.05, 0) is 35.7 Å². The molecule has 1 aliphatic rings. The van der Waals surface area contributed by atoms with E-state index in [1.807, 2.05) is 28.6 Å². The molecule has 2 N–H and O–H groups in total. The Morgan fingerprint density at radius 2 is 1.97 bits per heavy atom. The summed E-state index contributed by atoms with van der Waals surface area (Å²) in [6.45, 7) is 3.73. The van der Waals surface area contributed by atoms with Gasteiger partial charge in [-0.2, -0.15) is 0 Å². The van der Waals surface area contributed by atoms with Crippen molar-refractivity contribution in [2.24, 2.45) is 0 Å². The molecule has 2 aromatic carbocycles. The number of fused-ring (bicyclic) bond motifs is 1. The van der Waals surface area contributed by atoms with Crippen molar-refractivity contribution in [2.45, 2.75) is 26.1 Å². The van der Waals surface area contributed by atoms with Gasteiger partial charge in [0.15, 0.2) is 5.82 Å². The van der Waals surface area contributed by atoms with Crippen LogP contribution in [-0.2, 0) is 24.1 Å². The number of rotatable bonds is 4. The van der Waals surface area contributed by atoms with Gasteiger partial charge >= 0.3 is 0 Å². The van der Waals surface area contributed by atoms with Crippen LogP contribution >= 0.6 is 0 Å². The molecule has 0 saturated heterocycles. The number of hydrogen-bond donors (Lipinski definition) is 1. The first-order chi connectivity index (χ1) is 14.4. The van der Waals surface area contributed by atoms with Gasteiger partial charge in [0.1, 0.15) is 0 Å². The third-order valence-electron chi connectivity index (χ3n) is 5.60. The van der Waals surface area contributed by atoms with Crippen LogP contribution in [-0.4, -0.2) is 26.3 Å². The molecule has 2 atom stereocenters. The highest BCUT2D eigenvalue weighted by Gasteiger charge is 2.31. The first-order valence-corrected chi connectivity index (χ1v) is 11.3. The van der Waals surface area contributed by atoms with E-state index in [0.29, 0.717) is 25.3 Å². The summed E-state index contributed by atoms with van der Waals surface area (Å²) in [5.74, 6) is -0.516. The smallest absolute Gasteiger partial charge is 0.164 e. The van der Waals surface area contributed by atoms with Gasteiger partial charge < -0.3 is 10.6 Å². The number of halogens is 1. The normalized spacial score (nSPS) is 18.0. The number of aromatic nitrogens is 1. The third kappa shape index (κ3) is 4.08. The van der Waals surface area contributed by atoms with Crippen molar-refractivity contribution >= 4 is 22.4 Å². The lowest BCUT2D eigenvalue weighted by atomic mass is 10.0. The van der Waals surface area contributed by atoms with Gasteiger partial charge in [-0.3, -0.25) is 4.98 Å². The van der Waals surface area contributed by atoms with Crippen LogP contribution in [0, 0.1) is 12.7 Å². The molecule has 0 aliphatic carbocycles. The highest BCUT2D eigenvalue weighted by molar-refractivity contribution is 7.81. The van der Waals surface area contributed by atoms with Gasteiger partial charge in [-0.15, -0.1) is 0 Å². The van der Waals surface area contributed by atoms with E-state index in [9.17, 15) is 8.60 Å². The second-order valence-electron chi connectivity index (χ2n) is 7.57. The summed E-state index contributed by atoms with van der Waals surface area (Å²) in [5, 5.41) is 0. The molecule has 7 heteroatoms. The number of pyridine rings is 1. The Morgan fingerprint density at radius 1 is 1.20 bits per heavy atom. The lowest BCUT2D eigenvalue weighted by molar-refractivity contribution is 0.409. The zero-order valence-electron chi connectivity index (χ0n) is 17.1. The molecule has 0 bridgehead atoms. The Kier molecular flexibility index (Phi) is 5.83. The fraction of sp³-hybridized carbons (Fsp3) is 0.261. The number of benzene rings is 2. The molecule has 2 heterocycles. The molecule has 30 heavy (non-hydrogen) atoms. The zero-order valence-corrected chi connectivity index (χ0v) is 17.9. The van der Waals surface area contributed by atoms with E-state index >= 15 is 0 Å². The van der Waals surface area contributed by atoms with Crippen molar-refractivity contribution in [3.05, 3.63) is 89.0 Å². The number of anilines is 2. The lowest BCUT2D eigenvalue weighted by Crippen LogP contribution is -2.35. The molecule has 0 fully saturated rings. The number of hydrogen-bond acceptors (Lipinski definition) is 4. The predicted octanol–water partition coefficient (Wildman–Crippen LogP) is 3.97. The van der Waals surface area contributed by atoms with Crippen molar-refractivity contribution in [3.8, 4) is 0 Å². The van der Waals surface area contributed by atoms with Gasteiger partial charge in [0.25, 0.3) is 0 Å². The topological polar surface area (TPSA) is 62.5 Å². The fourth-order valence-corrected chi connectivity index (χ4v) is 4.64. The summed E-state index contributed by atoms with van der Waals surface area (Å²) in [5.41, 5.74) is 11.1. The second kappa shape index (κ2) is 8.53. The van der Waals surface area contributed by atoms with Gasteiger partial charge in [-0.1, -0.05) is 42.5 Å². The molecular weight excluding hydrogens is 399 g/mol. The second-order valence-corrected chi connectivity index (χ2v) is 8.93. The van der Waals surface area contributed by atoms with Gasteiger partial charge in [0.2, 0.25) is 0 Å². The summed E-state index contributed by atoms with van der Waals surface area (Å²) in [7, 11) is -1.12. The van der Waals surface area contributed by atoms with Gasteiger partial charge in [-0.25, -0.2) is 12.9 Å². The Labute approximate surface area is 178 Å². The van der Waals surface area contributed by atoms with Crippen LogP contribution < -0.4 is 10.6 Å². The SMILES string of the molecule is Cc1cccc2c1CN(S(C)=O)CC(c1ccccc1)N2Cc1cc(N)c(F)cn1. The summed E-state index contributed by atoms with van der Waals surface area (Å²) in [4.78, 5) is 6.54. The molecule has 1 aromatic heterocycles. The molecule has 5 nitrogen and oxygen atoms in total. The number of nitrogen functional groups attached to an aromatic ring is 1. The van der Waals surface area contributed by atoms with Crippen LogP contribution in [0.5, 0.6) is 0 Å². The van der Waals surface area contributed by atoms with Crippen LogP contribution in [0.15, 0.2) is 60.8 Å². The van der Waals surface area contributed by atoms with Crippen molar-refractivity contribution in [3.63, 3.8) is 0 Å². The number of nitrogens with zero attached hydrogens (tertiary/aromatic N) is 3. The van der Waals surface area contributed by atoms with Crippen LogP contribution in [0.4, 0.5) is 15.8 Å². The molecule has 156 valence electrons. The zero-order chi connectivity index (χ0) is 21.3. The summed E-state index contributed by atoms with van der Waals surface area (Å²) in [6.07, 6.45) is 2.89. The quantitative estimate of drug-likeness (QED) is 0.688. The maximum Gasteiger partial charge on any atom is 0.164 e. The van der Waals surface area contributed by atoms with Crippen molar-refractivity contribution < 1.29 is 8.60 Å². The van der Waals surface area contributed by atoms with E-state index in [2.05, 4.69) is 41.1 Å². The predicted molar refractivity (Wildman–Crippen MR) is 120 cm³/mol. The Balaban J connectivity index is 1.86. The highest BCUT2D eigenvalue weighted by Crippen LogP contribution is 2.37. The summed E-state index contributed by atoms with van der Waals surface area (Å²) < 4.78 is 28.2. The maximum absolute atomic E-state index is 13.7. The molecule has 1 aliphatic heterocycles. The average molecular weight is 425 g/mol. The Bertz CT molecular complexity index is 1080. The summed E-state index contributed by atoms with van der Waals surface area (Å²) >= 11 is 0. The molecule has 0 spiro atoms. The molecular formula is C23H25FN4OS. The van der Waals surface area contributed by atoms with Crippen molar-refractivity contribution in [1.29, 1.82) is 0 Å².